The van der Waals surface area contributed by atoms with E-state index < -0.39 is 0 Å². The van der Waals surface area contributed by atoms with Crippen molar-refractivity contribution in [2.24, 2.45) is 5.73 Å². The van der Waals surface area contributed by atoms with E-state index in [0.29, 0.717) is 12.2 Å². The largest absolute Gasteiger partial charge is 0.373 e. The highest BCUT2D eigenvalue weighted by molar-refractivity contribution is 5.07. The van der Waals surface area contributed by atoms with Crippen molar-refractivity contribution in [2.75, 3.05) is 26.7 Å². The Morgan fingerprint density at radius 2 is 1.63 bits per heavy atom. The SMILES string of the molecule is C[C@@H]1CN(C2(CN)CC3CCC(C2)N3C)C[C@H](C)O1. The van der Waals surface area contributed by atoms with Gasteiger partial charge in [0.2, 0.25) is 0 Å². The molecule has 2 N–H and O–H groups in total. The predicted molar refractivity (Wildman–Crippen MR) is 77.2 cm³/mol. The molecule has 4 heteroatoms. The number of nitrogens with zero attached hydrogens (tertiary/aromatic N) is 2. The minimum Gasteiger partial charge on any atom is -0.373 e. The Kier molecular flexibility index (Phi) is 3.63. The first kappa shape index (κ1) is 13.8. The van der Waals surface area contributed by atoms with Crippen molar-refractivity contribution in [1.29, 1.82) is 0 Å². The Labute approximate surface area is 117 Å². The predicted octanol–water partition coefficient (Wildman–Crippen LogP) is 1.05. The lowest BCUT2D eigenvalue weighted by Crippen LogP contribution is -2.65. The van der Waals surface area contributed by atoms with Gasteiger partial charge in [-0.25, -0.2) is 0 Å². The minimum absolute atomic E-state index is 0.227. The Bertz CT molecular complexity index is 311. The van der Waals surface area contributed by atoms with Crippen molar-refractivity contribution in [3.63, 3.8) is 0 Å². The standard InChI is InChI=1S/C15H29N3O/c1-11-8-18(9-12(2)19-11)15(10-16)6-13-4-5-14(7-15)17(13)3/h11-14H,4-10,16H2,1-3H3/t11-,12+,13?,14?,15?. The van der Waals surface area contributed by atoms with E-state index in [-0.39, 0.29) is 5.54 Å². The van der Waals surface area contributed by atoms with E-state index >= 15 is 0 Å². The van der Waals surface area contributed by atoms with E-state index in [1.54, 1.807) is 0 Å². The first-order valence-electron chi connectivity index (χ1n) is 7.86. The normalized spacial score (nSPS) is 48.6. The highest BCUT2D eigenvalue weighted by atomic mass is 16.5. The van der Waals surface area contributed by atoms with Gasteiger partial charge < -0.3 is 15.4 Å². The molecular weight excluding hydrogens is 238 g/mol. The van der Waals surface area contributed by atoms with Crippen LogP contribution >= 0.6 is 0 Å². The Hall–Kier alpha value is -0.160. The van der Waals surface area contributed by atoms with Crippen molar-refractivity contribution in [3.8, 4) is 0 Å². The number of hydrogen-bond donors (Lipinski definition) is 1. The van der Waals surface area contributed by atoms with Crippen LogP contribution in [-0.2, 0) is 4.74 Å². The Balaban J connectivity index is 1.80. The van der Waals surface area contributed by atoms with Gasteiger partial charge >= 0.3 is 0 Å². The van der Waals surface area contributed by atoms with E-state index in [4.69, 9.17) is 10.5 Å². The number of morpholine rings is 1. The van der Waals surface area contributed by atoms with Gasteiger partial charge in [-0.1, -0.05) is 0 Å². The maximum atomic E-state index is 6.26. The molecule has 19 heavy (non-hydrogen) atoms. The van der Waals surface area contributed by atoms with Gasteiger partial charge in [0.05, 0.1) is 12.2 Å². The van der Waals surface area contributed by atoms with Crippen LogP contribution in [0.5, 0.6) is 0 Å². The molecule has 3 saturated heterocycles. The summed E-state index contributed by atoms with van der Waals surface area (Å²) in [5, 5.41) is 0. The summed E-state index contributed by atoms with van der Waals surface area (Å²) < 4.78 is 5.89. The molecule has 3 aliphatic heterocycles. The molecule has 110 valence electrons. The molecule has 0 aromatic carbocycles. The third kappa shape index (κ3) is 2.33. The first-order valence-corrected chi connectivity index (χ1v) is 7.86. The average Bonchev–Trinajstić information content (AvgIpc) is 2.62. The molecule has 0 spiro atoms. The summed E-state index contributed by atoms with van der Waals surface area (Å²) in [6.45, 7) is 7.27. The second-order valence-corrected chi connectivity index (χ2v) is 7.05. The summed E-state index contributed by atoms with van der Waals surface area (Å²) in [7, 11) is 2.30. The zero-order valence-electron chi connectivity index (χ0n) is 12.6. The van der Waals surface area contributed by atoms with Crippen molar-refractivity contribution in [2.45, 2.75) is 69.4 Å². The fourth-order valence-corrected chi connectivity index (χ4v) is 4.66. The molecular formula is C15H29N3O. The summed E-state index contributed by atoms with van der Waals surface area (Å²) in [5.74, 6) is 0. The number of nitrogens with two attached hydrogens (primary N) is 1. The van der Waals surface area contributed by atoms with Crippen molar-refractivity contribution >= 4 is 0 Å². The lowest BCUT2D eigenvalue weighted by Gasteiger charge is -2.53. The van der Waals surface area contributed by atoms with Crippen molar-refractivity contribution < 1.29 is 4.74 Å². The third-order valence-electron chi connectivity index (χ3n) is 5.69. The van der Waals surface area contributed by atoms with E-state index in [0.717, 1.165) is 31.7 Å². The van der Waals surface area contributed by atoms with Gasteiger partial charge in [0, 0.05) is 37.3 Å². The lowest BCUT2D eigenvalue weighted by molar-refractivity contribution is -0.117. The quantitative estimate of drug-likeness (QED) is 0.812. The van der Waals surface area contributed by atoms with Crippen LogP contribution in [0.15, 0.2) is 0 Å². The van der Waals surface area contributed by atoms with E-state index in [9.17, 15) is 0 Å². The Morgan fingerprint density at radius 1 is 1.11 bits per heavy atom. The summed E-state index contributed by atoms with van der Waals surface area (Å²) >= 11 is 0. The monoisotopic (exact) mass is 267 g/mol. The van der Waals surface area contributed by atoms with E-state index in [1.165, 1.54) is 25.7 Å². The summed E-state index contributed by atoms with van der Waals surface area (Å²) in [6.07, 6.45) is 5.89. The van der Waals surface area contributed by atoms with Crippen LogP contribution in [0, 0.1) is 0 Å². The molecule has 0 aliphatic carbocycles. The van der Waals surface area contributed by atoms with Crippen LogP contribution < -0.4 is 5.73 Å². The van der Waals surface area contributed by atoms with Crippen molar-refractivity contribution in [3.05, 3.63) is 0 Å². The highest BCUT2D eigenvalue weighted by Gasteiger charge is 2.50. The molecule has 0 saturated carbocycles. The van der Waals surface area contributed by atoms with Gasteiger partial charge in [-0.05, 0) is 46.6 Å². The van der Waals surface area contributed by atoms with Gasteiger partial charge in [-0.3, -0.25) is 4.90 Å². The summed E-state index contributed by atoms with van der Waals surface area (Å²) in [5.41, 5.74) is 6.48. The maximum absolute atomic E-state index is 6.26. The van der Waals surface area contributed by atoms with Gasteiger partial charge in [0.15, 0.2) is 0 Å². The van der Waals surface area contributed by atoms with Crippen LogP contribution in [-0.4, -0.2) is 66.3 Å². The van der Waals surface area contributed by atoms with E-state index in [1.807, 2.05) is 0 Å². The molecule has 3 rings (SSSR count). The number of hydrogen-bond acceptors (Lipinski definition) is 4. The van der Waals surface area contributed by atoms with Crippen LogP contribution in [0.25, 0.3) is 0 Å². The third-order valence-corrected chi connectivity index (χ3v) is 5.69. The molecule has 2 unspecified atom stereocenters. The molecule has 0 aromatic rings. The van der Waals surface area contributed by atoms with Crippen molar-refractivity contribution in [1.82, 2.24) is 9.80 Å². The molecule has 3 aliphatic rings. The number of ether oxygens (including phenoxy) is 1. The second-order valence-electron chi connectivity index (χ2n) is 7.05. The molecule has 0 radical (unpaired) electrons. The smallest absolute Gasteiger partial charge is 0.0678 e. The van der Waals surface area contributed by atoms with Gasteiger partial charge in [0.25, 0.3) is 0 Å². The van der Waals surface area contributed by atoms with Gasteiger partial charge in [0.1, 0.15) is 0 Å². The second kappa shape index (κ2) is 4.99. The van der Waals surface area contributed by atoms with Crippen LogP contribution in [0.4, 0.5) is 0 Å². The molecule has 0 aromatic heterocycles. The van der Waals surface area contributed by atoms with Gasteiger partial charge in [-0.15, -0.1) is 0 Å². The van der Waals surface area contributed by atoms with Crippen LogP contribution in [0.2, 0.25) is 0 Å². The zero-order valence-corrected chi connectivity index (χ0v) is 12.6. The number of rotatable bonds is 2. The minimum atomic E-state index is 0.227. The highest BCUT2D eigenvalue weighted by Crippen LogP contribution is 2.43. The maximum Gasteiger partial charge on any atom is 0.0678 e. The molecule has 4 nitrogen and oxygen atoms in total. The summed E-state index contributed by atoms with van der Waals surface area (Å²) in [4.78, 5) is 5.26. The molecule has 4 atom stereocenters. The Morgan fingerprint density at radius 3 is 2.11 bits per heavy atom. The molecule has 3 heterocycles. The lowest BCUT2D eigenvalue weighted by atomic mass is 9.80. The number of fused-ring (bicyclic) bond motifs is 2. The molecule has 0 amide bonds. The average molecular weight is 267 g/mol. The molecule has 2 bridgehead atoms. The fourth-order valence-electron chi connectivity index (χ4n) is 4.66. The first-order chi connectivity index (χ1) is 9.04. The number of piperidine rings is 1. The summed E-state index contributed by atoms with van der Waals surface area (Å²) in [6, 6.07) is 1.49. The van der Waals surface area contributed by atoms with Crippen LogP contribution in [0.1, 0.15) is 39.5 Å². The topological polar surface area (TPSA) is 41.7 Å². The van der Waals surface area contributed by atoms with E-state index in [2.05, 4.69) is 30.7 Å². The fraction of sp³-hybridized carbons (Fsp3) is 1.00. The van der Waals surface area contributed by atoms with Gasteiger partial charge in [-0.2, -0.15) is 0 Å². The van der Waals surface area contributed by atoms with Crippen LogP contribution in [0.3, 0.4) is 0 Å². The zero-order chi connectivity index (χ0) is 13.6. The molecule has 3 fully saturated rings.